The summed E-state index contributed by atoms with van der Waals surface area (Å²) < 4.78 is 16.3. The molecular weight excluding hydrogens is 360 g/mol. The van der Waals surface area contributed by atoms with Crippen molar-refractivity contribution in [2.75, 3.05) is 14.2 Å². The highest BCUT2D eigenvalue weighted by Crippen LogP contribution is 2.29. The number of hydrogen-bond acceptors (Lipinski definition) is 6. The molecule has 3 aromatic rings. The van der Waals surface area contributed by atoms with Crippen LogP contribution in [0, 0.1) is 0 Å². The van der Waals surface area contributed by atoms with E-state index in [0.29, 0.717) is 29.0 Å². The number of benzene rings is 2. The lowest BCUT2D eigenvalue weighted by atomic mass is 10.1. The molecule has 3 rings (SSSR count). The van der Waals surface area contributed by atoms with Crippen molar-refractivity contribution >= 4 is 23.4 Å². The van der Waals surface area contributed by atoms with Gasteiger partial charge in [0.05, 0.1) is 20.6 Å². The zero-order valence-corrected chi connectivity index (χ0v) is 15.4. The third-order valence-electron chi connectivity index (χ3n) is 3.53. The van der Waals surface area contributed by atoms with Gasteiger partial charge in [-0.15, -0.1) is 10.2 Å². The number of halogens is 1. The van der Waals surface area contributed by atoms with Crippen molar-refractivity contribution in [2.45, 2.75) is 17.4 Å². The molecule has 25 heavy (non-hydrogen) atoms. The molecule has 0 unspecified atom stereocenters. The van der Waals surface area contributed by atoms with Crippen molar-refractivity contribution < 1.29 is 13.9 Å². The van der Waals surface area contributed by atoms with Crippen molar-refractivity contribution in [1.82, 2.24) is 10.2 Å². The molecule has 7 heteroatoms. The van der Waals surface area contributed by atoms with E-state index in [9.17, 15) is 0 Å². The maximum Gasteiger partial charge on any atom is 0.276 e. The van der Waals surface area contributed by atoms with Crippen molar-refractivity contribution in [1.29, 1.82) is 0 Å². The van der Waals surface area contributed by atoms with E-state index in [1.165, 1.54) is 11.8 Å². The van der Waals surface area contributed by atoms with E-state index in [-0.39, 0.29) is 0 Å². The van der Waals surface area contributed by atoms with Crippen LogP contribution < -0.4 is 9.47 Å². The second-order valence-electron chi connectivity index (χ2n) is 5.24. The normalized spacial score (nSPS) is 10.7. The Labute approximate surface area is 155 Å². The third-order valence-corrected chi connectivity index (χ3v) is 4.67. The van der Waals surface area contributed by atoms with Gasteiger partial charge in [-0.1, -0.05) is 41.6 Å². The summed E-state index contributed by atoms with van der Waals surface area (Å²) in [6.45, 7) is 0. The minimum Gasteiger partial charge on any atom is -0.493 e. The molecule has 130 valence electrons. The van der Waals surface area contributed by atoms with Gasteiger partial charge < -0.3 is 13.9 Å². The zero-order valence-electron chi connectivity index (χ0n) is 13.9. The van der Waals surface area contributed by atoms with E-state index < -0.39 is 0 Å². The van der Waals surface area contributed by atoms with Crippen LogP contribution in [0.2, 0.25) is 5.02 Å². The first-order valence-corrected chi connectivity index (χ1v) is 8.95. The maximum atomic E-state index is 5.89. The van der Waals surface area contributed by atoms with Crippen LogP contribution in [-0.4, -0.2) is 24.4 Å². The van der Waals surface area contributed by atoms with Gasteiger partial charge in [0, 0.05) is 10.8 Å². The largest absolute Gasteiger partial charge is 0.493 e. The fourth-order valence-corrected chi connectivity index (χ4v) is 3.12. The summed E-state index contributed by atoms with van der Waals surface area (Å²) in [5, 5.41) is 9.46. The van der Waals surface area contributed by atoms with Crippen LogP contribution in [0.25, 0.3) is 0 Å². The van der Waals surface area contributed by atoms with E-state index in [4.69, 9.17) is 25.5 Å². The van der Waals surface area contributed by atoms with Crippen LogP contribution in [0.5, 0.6) is 11.5 Å². The van der Waals surface area contributed by atoms with Crippen LogP contribution in [0.15, 0.2) is 52.1 Å². The van der Waals surface area contributed by atoms with Crippen LogP contribution in [0.3, 0.4) is 0 Å². The SMILES string of the molecule is COc1ccc(Cc2nnc(SCc3ccc(Cl)cc3)o2)cc1OC. The van der Waals surface area contributed by atoms with Crippen LogP contribution in [0.4, 0.5) is 0 Å². The minimum atomic E-state index is 0.537. The van der Waals surface area contributed by atoms with Gasteiger partial charge in [0.1, 0.15) is 0 Å². The average Bonchev–Trinajstić information content (AvgIpc) is 3.08. The minimum absolute atomic E-state index is 0.537. The van der Waals surface area contributed by atoms with E-state index in [1.54, 1.807) is 14.2 Å². The lowest BCUT2D eigenvalue weighted by Gasteiger charge is -2.08. The first kappa shape index (κ1) is 17.6. The maximum absolute atomic E-state index is 5.89. The highest BCUT2D eigenvalue weighted by molar-refractivity contribution is 7.98. The second kappa shape index (κ2) is 8.27. The number of ether oxygens (including phenoxy) is 2. The lowest BCUT2D eigenvalue weighted by Crippen LogP contribution is -1.94. The number of hydrogen-bond donors (Lipinski definition) is 0. The highest BCUT2D eigenvalue weighted by atomic mass is 35.5. The van der Waals surface area contributed by atoms with Crippen molar-refractivity contribution in [2.24, 2.45) is 0 Å². The highest BCUT2D eigenvalue weighted by Gasteiger charge is 2.10. The molecule has 0 bridgehead atoms. The summed E-state index contributed by atoms with van der Waals surface area (Å²) in [5.41, 5.74) is 2.16. The van der Waals surface area contributed by atoms with E-state index in [1.807, 2.05) is 42.5 Å². The van der Waals surface area contributed by atoms with E-state index in [2.05, 4.69) is 10.2 Å². The molecule has 1 aromatic heterocycles. The Balaban J connectivity index is 1.62. The Kier molecular flexibility index (Phi) is 5.83. The predicted octanol–water partition coefficient (Wildman–Crippen LogP) is 4.62. The van der Waals surface area contributed by atoms with Gasteiger partial charge in [0.15, 0.2) is 11.5 Å². The summed E-state index contributed by atoms with van der Waals surface area (Å²) in [6, 6.07) is 13.4. The molecule has 5 nitrogen and oxygen atoms in total. The third kappa shape index (κ3) is 4.67. The quantitative estimate of drug-likeness (QED) is 0.560. The Morgan fingerprint density at radius 2 is 1.68 bits per heavy atom. The van der Waals surface area contributed by atoms with E-state index >= 15 is 0 Å². The molecular formula is C18H17ClN2O3S. The molecule has 2 aromatic carbocycles. The Morgan fingerprint density at radius 1 is 0.960 bits per heavy atom. The molecule has 0 spiro atoms. The second-order valence-corrected chi connectivity index (χ2v) is 6.61. The van der Waals surface area contributed by atoms with Gasteiger partial charge in [-0.3, -0.25) is 0 Å². The molecule has 0 radical (unpaired) electrons. The fourth-order valence-electron chi connectivity index (χ4n) is 2.26. The lowest BCUT2D eigenvalue weighted by molar-refractivity contribution is 0.354. The summed E-state index contributed by atoms with van der Waals surface area (Å²) in [4.78, 5) is 0. The molecule has 0 atom stereocenters. The number of thioether (sulfide) groups is 1. The van der Waals surface area contributed by atoms with Gasteiger partial charge in [-0.25, -0.2) is 0 Å². The molecule has 0 aliphatic heterocycles. The van der Waals surface area contributed by atoms with Gasteiger partial charge in [0.2, 0.25) is 5.89 Å². The molecule has 0 saturated carbocycles. The summed E-state index contributed by atoms with van der Waals surface area (Å²) in [7, 11) is 3.22. The van der Waals surface area contributed by atoms with Gasteiger partial charge in [-0.05, 0) is 35.4 Å². The van der Waals surface area contributed by atoms with Gasteiger partial charge in [-0.2, -0.15) is 0 Å². The van der Waals surface area contributed by atoms with Crippen molar-refractivity contribution in [3.63, 3.8) is 0 Å². The summed E-state index contributed by atoms with van der Waals surface area (Å²) in [6.07, 6.45) is 0.537. The Hall–Kier alpha value is -2.18. The number of methoxy groups -OCH3 is 2. The Bertz CT molecular complexity index is 837. The van der Waals surface area contributed by atoms with Crippen molar-refractivity contribution in [3.8, 4) is 11.5 Å². The van der Waals surface area contributed by atoms with Crippen LogP contribution in [0.1, 0.15) is 17.0 Å². The number of aromatic nitrogens is 2. The first-order valence-electron chi connectivity index (χ1n) is 7.58. The smallest absolute Gasteiger partial charge is 0.276 e. The molecule has 0 saturated heterocycles. The molecule has 0 aliphatic rings. The summed E-state index contributed by atoms with van der Waals surface area (Å²) >= 11 is 7.38. The molecule has 1 heterocycles. The van der Waals surface area contributed by atoms with Crippen molar-refractivity contribution in [3.05, 3.63) is 64.5 Å². The summed E-state index contributed by atoms with van der Waals surface area (Å²) in [5.74, 6) is 2.67. The molecule has 0 fully saturated rings. The number of rotatable bonds is 7. The van der Waals surface area contributed by atoms with E-state index in [0.717, 1.165) is 21.9 Å². The standard InChI is InChI=1S/C18H17ClN2O3S/c1-22-15-8-5-13(9-16(15)23-2)10-17-20-21-18(24-17)25-11-12-3-6-14(19)7-4-12/h3-9H,10-11H2,1-2H3. The fraction of sp³-hybridized carbons (Fsp3) is 0.222. The zero-order chi connectivity index (χ0) is 17.6. The Morgan fingerprint density at radius 3 is 2.40 bits per heavy atom. The molecule has 0 aliphatic carbocycles. The topological polar surface area (TPSA) is 57.4 Å². The first-order chi connectivity index (χ1) is 12.2. The average molecular weight is 377 g/mol. The number of nitrogens with zero attached hydrogens (tertiary/aromatic N) is 2. The monoisotopic (exact) mass is 376 g/mol. The molecule has 0 N–H and O–H groups in total. The molecule has 0 amide bonds. The predicted molar refractivity (Wildman–Crippen MR) is 97.7 cm³/mol. The van der Waals surface area contributed by atoms with Crippen LogP contribution in [-0.2, 0) is 12.2 Å². The van der Waals surface area contributed by atoms with Crippen LogP contribution >= 0.6 is 23.4 Å². The van der Waals surface area contributed by atoms with Gasteiger partial charge >= 0.3 is 0 Å². The van der Waals surface area contributed by atoms with Gasteiger partial charge in [0.25, 0.3) is 5.22 Å².